The van der Waals surface area contributed by atoms with Crippen LogP contribution in [0.5, 0.6) is 0 Å². The molecule has 0 radical (unpaired) electrons. The van der Waals surface area contributed by atoms with Crippen LogP contribution in [-0.2, 0) is 5.41 Å². The molecule has 0 N–H and O–H groups in total. The molecule has 1 aliphatic carbocycles. The minimum atomic E-state index is -0.151. The second-order valence-corrected chi connectivity index (χ2v) is 16.5. The van der Waals surface area contributed by atoms with Crippen molar-refractivity contribution in [1.29, 1.82) is 0 Å². The lowest BCUT2D eigenvalue weighted by atomic mass is 9.81. The van der Waals surface area contributed by atoms with Gasteiger partial charge in [0, 0.05) is 32.9 Å². The fourth-order valence-electron chi connectivity index (χ4n) is 9.76. The number of benzene rings is 9. The molecule has 11 aromatic rings. The zero-order valence-corrected chi connectivity index (χ0v) is 33.3. The smallest absolute Gasteiger partial charge is 0.160 e. The maximum Gasteiger partial charge on any atom is 0.160 e. The number of aromatic nitrogens is 2. The Kier molecular flexibility index (Phi) is 7.58. The van der Waals surface area contributed by atoms with Gasteiger partial charge in [-0.2, -0.15) is 0 Å². The first kappa shape index (κ1) is 34.4. The van der Waals surface area contributed by atoms with Gasteiger partial charge < -0.3 is 4.42 Å². The van der Waals surface area contributed by atoms with Gasteiger partial charge in [0.05, 0.1) is 11.4 Å². The Balaban J connectivity index is 1.08. The molecule has 0 saturated carbocycles. The predicted molar refractivity (Wildman–Crippen MR) is 249 cm³/mol. The van der Waals surface area contributed by atoms with Crippen molar-refractivity contribution in [3.05, 3.63) is 205 Å². The van der Waals surface area contributed by atoms with E-state index in [2.05, 4.69) is 202 Å². The maximum atomic E-state index is 6.54. The van der Waals surface area contributed by atoms with Crippen LogP contribution in [0.1, 0.15) is 25.0 Å². The van der Waals surface area contributed by atoms with Gasteiger partial charge in [0.2, 0.25) is 0 Å². The predicted octanol–water partition coefficient (Wildman–Crippen LogP) is 15.3. The summed E-state index contributed by atoms with van der Waals surface area (Å²) in [6.07, 6.45) is 0. The third-order valence-electron chi connectivity index (χ3n) is 12.7. The standard InChI is InChI=1S/C57H38N2O/c1-57(2)48-28-14-26-44(54(48)46-30-36-18-6-8-20-38(36)32-49(46)57)40-22-10-12-24-42(40)50-34-51(59-56(58-50)35-16-4-3-5-17-35)43-25-13-11-23-41(43)45-27-15-29-52-55(45)47-31-37-19-7-9-21-39(37)33-53(47)60-52/h3-34H,1-2H3. The number of hydrogen-bond donors (Lipinski definition) is 0. The summed E-state index contributed by atoms with van der Waals surface area (Å²) in [6.45, 7) is 4.72. The van der Waals surface area contributed by atoms with Crippen LogP contribution in [0.25, 0.3) is 111 Å². The van der Waals surface area contributed by atoms with Crippen molar-refractivity contribution in [3.8, 4) is 67.3 Å². The molecular formula is C57H38N2O. The zero-order valence-electron chi connectivity index (χ0n) is 33.3. The largest absolute Gasteiger partial charge is 0.456 e. The molecule has 1 aliphatic rings. The summed E-state index contributed by atoms with van der Waals surface area (Å²) < 4.78 is 6.54. The highest BCUT2D eigenvalue weighted by atomic mass is 16.3. The first-order chi connectivity index (χ1) is 29.5. The highest BCUT2D eigenvalue weighted by molar-refractivity contribution is 6.16. The molecule has 3 nitrogen and oxygen atoms in total. The molecule has 9 aromatic carbocycles. The summed E-state index contributed by atoms with van der Waals surface area (Å²) in [7, 11) is 0. The lowest BCUT2D eigenvalue weighted by Crippen LogP contribution is -2.14. The van der Waals surface area contributed by atoms with Crippen molar-refractivity contribution < 1.29 is 4.42 Å². The van der Waals surface area contributed by atoms with E-state index in [-0.39, 0.29) is 5.41 Å². The average Bonchev–Trinajstić information content (AvgIpc) is 3.78. The van der Waals surface area contributed by atoms with E-state index in [1.54, 1.807) is 0 Å². The summed E-state index contributed by atoms with van der Waals surface area (Å²) in [5.74, 6) is 0.683. The molecule has 0 aliphatic heterocycles. The van der Waals surface area contributed by atoms with Gasteiger partial charge in [-0.3, -0.25) is 0 Å². The molecule has 0 bridgehead atoms. The Hall–Kier alpha value is -7.62. The topological polar surface area (TPSA) is 38.9 Å². The van der Waals surface area contributed by atoms with Crippen LogP contribution in [0.15, 0.2) is 199 Å². The number of fused-ring (bicyclic) bond motifs is 8. The fourth-order valence-corrected chi connectivity index (χ4v) is 9.76. The van der Waals surface area contributed by atoms with E-state index in [1.807, 2.05) is 6.07 Å². The quantitative estimate of drug-likeness (QED) is 0.175. The highest BCUT2D eigenvalue weighted by Gasteiger charge is 2.37. The molecule has 0 saturated heterocycles. The van der Waals surface area contributed by atoms with E-state index in [0.717, 1.165) is 72.1 Å². The third kappa shape index (κ3) is 5.29. The van der Waals surface area contributed by atoms with Crippen LogP contribution < -0.4 is 0 Å². The molecule has 0 atom stereocenters. The van der Waals surface area contributed by atoms with E-state index in [1.165, 1.54) is 44.0 Å². The minimum Gasteiger partial charge on any atom is -0.456 e. The van der Waals surface area contributed by atoms with Crippen molar-refractivity contribution in [2.75, 3.05) is 0 Å². The summed E-state index contributed by atoms with van der Waals surface area (Å²) in [6, 6.07) is 69.4. The van der Waals surface area contributed by atoms with Crippen molar-refractivity contribution in [3.63, 3.8) is 0 Å². The van der Waals surface area contributed by atoms with Gasteiger partial charge in [-0.15, -0.1) is 0 Å². The monoisotopic (exact) mass is 766 g/mol. The Morgan fingerprint density at radius 2 is 0.917 bits per heavy atom. The van der Waals surface area contributed by atoms with Gasteiger partial charge in [-0.1, -0.05) is 172 Å². The lowest BCUT2D eigenvalue weighted by Gasteiger charge is -2.22. The van der Waals surface area contributed by atoms with E-state index < -0.39 is 0 Å². The molecule has 0 amide bonds. The van der Waals surface area contributed by atoms with Gasteiger partial charge in [0.15, 0.2) is 5.82 Å². The van der Waals surface area contributed by atoms with E-state index in [4.69, 9.17) is 14.4 Å². The molecule has 2 heterocycles. The summed E-state index contributed by atoms with van der Waals surface area (Å²) >= 11 is 0. The van der Waals surface area contributed by atoms with Crippen LogP contribution in [0.2, 0.25) is 0 Å². The van der Waals surface area contributed by atoms with Crippen LogP contribution in [0.3, 0.4) is 0 Å². The second-order valence-electron chi connectivity index (χ2n) is 16.5. The van der Waals surface area contributed by atoms with Gasteiger partial charge in [0.25, 0.3) is 0 Å². The van der Waals surface area contributed by atoms with E-state index in [0.29, 0.717) is 5.82 Å². The van der Waals surface area contributed by atoms with Crippen molar-refractivity contribution in [2.45, 2.75) is 19.3 Å². The van der Waals surface area contributed by atoms with Crippen molar-refractivity contribution in [1.82, 2.24) is 9.97 Å². The average molecular weight is 767 g/mol. The van der Waals surface area contributed by atoms with Crippen LogP contribution in [0, 0.1) is 0 Å². The van der Waals surface area contributed by atoms with Gasteiger partial charge in [-0.05, 0) is 102 Å². The SMILES string of the molecule is CC1(C)c2cc3ccccc3cc2-c2c(-c3ccccc3-c3cc(-c4ccccc4-c4cccc5oc6cc7ccccc7cc6c45)nc(-c4ccccc4)n3)cccc21. The number of furan rings is 1. The Morgan fingerprint density at radius 1 is 0.383 bits per heavy atom. The van der Waals surface area contributed by atoms with Crippen molar-refractivity contribution >= 4 is 43.5 Å². The summed E-state index contributed by atoms with van der Waals surface area (Å²) in [4.78, 5) is 10.7. The highest BCUT2D eigenvalue weighted by Crippen LogP contribution is 2.54. The Morgan fingerprint density at radius 3 is 1.62 bits per heavy atom. The number of nitrogens with zero attached hydrogens (tertiary/aromatic N) is 2. The molecule has 282 valence electrons. The first-order valence-electron chi connectivity index (χ1n) is 20.6. The van der Waals surface area contributed by atoms with Gasteiger partial charge in [-0.25, -0.2) is 9.97 Å². The van der Waals surface area contributed by atoms with Crippen LogP contribution >= 0.6 is 0 Å². The van der Waals surface area contributed by atoms with Crippen LogP contribution in [-0.4, -0.2) is 9.97 Å². The molecule has 60 heavy (non-hydrogen) atoms. The minimum absolute atomic E-state index is 0.151. The van der Waals surface area contributed by atoms with Gasteiger partial charge in [0.1, 0.15) is 11.2 Å². The van der Waals surface area contributed by atoms with E-state index >= 15 is 0 Å². The second kappa shape index (κ2) is 13.2. The van der Waals surface area contributed by atoms with Gasteiger partial charge >= 0.3 is 0 Å². The van der Waals surface area contributed by atoms with Crippen molar-refractivity contribution in [2.24, 2.45) is 0 Å². The van der Waals surface area contributed by atoms with E-state index in [9.17, 15) is 0 Å². The summed E-state index contributed by atoms with van der Waals surface area (Å²) in [5.41, 5.74) is 16.2. The molecule has 0 spiro atoms. The normalized spacial score (nSPS) is 13.0. The third-order valence-corrected chi connectivity index (χ3v) is 12.7. The Bertz CT molecular complexity index is 3520. The summed E-state index contributed by atoms with van der Waals surface area (Å²) in [5, 5.41) is 7.07. The number of rotatable bonds is 5. The molecular weight excluding hydrogens is 729 g/mol. The fraction of sp³-hybridized carbons (Fsp3) is 0.0526. The molecule has 3 heteroatoms. The zero-order chi connectivity index (χ0) is 40.0. The maximum absolute atomic E-state index is 6.54. The lowest BCUT2D eigenvalue weighted by molar-refractivity contribution is 0.661. The number of hydrogen-bond acceptors (Lipinski definition) is 3. The molecule has 0 unspecified atom stereocenters. The molecule has 0 fully saturated rings. The first-order valence-corrected chi connectivity index (χ1v) is 20.6. The van der Waals surface area contributed by atoms with Crippen LogP contribution in [0.4, 0.5) is 0 Å². The Labute approximate surface area is 348 Å². The molecule has 12 rings (SSSR count). The molecule has 2 aromatic heterocycles.